The van der Waals surface area contributed by atoms with Crippen LogP contribution in [0.25, 0.3) is 0 Å². The largest absolute Gasteiger partial charge is 0.454 e. The van der Waals surface area contributed by atoms with Gasteiger partial charge in [0.2, 0.25) is 27.1 Å². The van der Waals surface area contributed by atoms with Crippen LogP contribution in [0.1, 0.15) is 150 Å². The Bertz CT molecular complexity index is 7870. The van der Waals surface area contributed by atoms with E-state index >= 15 is 0 Å². The van der Waals surface area contributed by atoms with Crippen LogP contribution in [0.5, 0.6) is 46.0 Å². The average molecular weight is 1850 g/mol. The Kier molecular flexibility index (Phi) is 15.2. The van der Waals surface area contributed by atoms with Gasteiger partial charge in [-0.3, -0.25) is 19.2 Å². The predicted molar refractivity (Wildman–Crippen MR) is 427 cm³/mol. The highest BCUT2D eigenvalue weighted by molar-refractivity contribution is 7.94. The molecular weight excluding hydrogens is 1760 g/mol. The zero-order valence-corrected chi connectivity index (χ0v) is 66.3. The summed E-state index contributed by atoms with van der Waals surface area (Å²) in [6, 6.07) is 3.38. The van der Waals surface area contributed by atoms with Gasteiger partial charge in [0.05, 0.1) is 27.7 Å². The number of nitrogens with zero attached hydrogens (tertiary/aromatic N) is 4. The lowest BCUT2D eigenvalue weighted by Crippen LogP contribution is -2.16. The molecule has 8 aromatic heterocycles. The summed E-state index contributed by atoms with van der Waals surface area (Å²) in [5.41, 5.74) is -5.53. The van der Waals surface area contributed by atoms with E-state index in [0.717, 1.165) is 46.9 Å². The number of Topliss-reactive ketones (excluding diaryl/α,β-unsaturated/α-hetero) is 4. The first kappa shape index (κ1) is 51.8. The summed E-state index contributed by atoms with van der Waals surface area (Å²) in [7, 11) is -18.3. The lowest BCUT2D eigenvalue weighted by Gasteiger charge is -2.09. The molecule has 1 atom stereocenters. The van der Waals surface area contributed by atoms with Crippen molar-refractivity contribution in [2.75, 3.05) is 46.0 Å². The van der Waals surface area contributed by atoms with Crippen molar-refractivity contribution in [2.45, 2.75) is 100 Å². The minimum Gasteiger partial charge on any atom is -0.454 e. The van der Waals surface area contributed by atoms with Gasteiger partial charge in [0.15, 0.2) is 69.1 Å². The fourth-order valence-electron chi connectivity index (χ4n) is 9.76. The Labute approximate surface area is 741 Å². The predicted octanol–water partition coefficient (Wildman–Crippen LogP) is 15.8. The molecule has 0 fully saturated rings. The summed E-state index contributed by atoms with van der Waals surface area (Å²) < 4.78 is 420. The number of anilines is 4. The van der Waals surface area contributed by atoms with E-state index in [2.05, 4.69) is 20.6 Å². The molecule has 16 rings (SSSR count). The molecule has 4 aliphatic heterocycles. The quantitative estimate of drug-likeness (QED) is 0.0408. The third kappa shape index (κ3) is 18.1. The maximum absolute atomic E-state index is 13.3. The van der Waals surface area contributed by atoms with Gasteiger partial charge in [-0.2, -0.15) is 0 Å². The van der Waals surface area contributed by atoms with Crippen molar-refractivity contribution in [3.05, 3.63) is 201 Å². The first-order valence-corrected chi connectivity index (χ1v) is 41.9. The molecule has 4 N–H and O–H groups in total. The zero-order valence-electron chi connectivity index (χ0n) is 88.8. The lowest BCUT2D eigenvalue weighted by atomic mass is 10.0. The van der Waals surface area contributed by atoms with Crippen LogP contribution in [0, 0.1) is 54.9 Å². The van der Waals surface area contributed by atoms with Gasteiger partial charge in [-0.15, -0.1) is 45.3 Å². The number of hydrogen-bond acceptors (Lipinski definition) is 32. The molecule has 0 saturated carbocycles. The Balaban J connectivity index is 0.000000165. The van der Waals surface area contributed by atoms with Crippen molar-refractivity contribution in [3.8, 4) is 46.0 Å². The second-order valence-electron chi connectivity index (χ2n) is 22.7. The van der Waals surface area contributed by atoms with E-state index in [1.807, 2.05) is 18.9 Å². The number of halogens is 4. The van der Waals surface area contributed by atoms with E-state index in [0.29, 0.717) is 34.0 Å². The van der Waals surface area contributed by atoms with Crippen LogP contribution in [-0.2, 0) is 65.7 Å². The molecule has 0 aliphatic carbocycles. The summed E-state index contributed by atoms with van der Waals surface area (Å²) in [4.78, 5) is 49.3. The average Bonchev–Trinajstić information content (AvgIpc) is 1.61. The van der Waals surface area contributed by atoms with Crippen LogP contribution in [0.15, 0.2) is 132 Å². The number of thiophene rings is 4. The monoisotopic (exact) mass is 1850 g/mol. The van der Waals surface area contributed by atoms with Crippen LogP contribution in [-0.4, -0.2) is 105 Å². The molecule has 116 heavy (non-hydrogen) atoms. The zero-order chi connectivity index (χ0) is 110. The molecule has 0 amide bonds. The van der Waals surface area contributed by atoms with E-state index in [9.17, 15) is 52.8 Å². The van der Waals surface area contributed by atoms with Crippen LogP contribution >= 0.6 is 91.8 Å². The molecule has 0 radical (unpaired) electrons. The number of benzene rings is 4. The van der Waals surface area contributed by atoms with Crippen molar-refractivity contribution in [1.29, 1.82) is 0 Å². The number of aryl methyl sites for hydroxylation is 5. The molecule has 4 aromatic carbocycles. The summed E-state index contributed by atoms with van der Waals surface area (Å²) in [6.07, 6.45) is -5.01. The Morgan fingerprint density at radius 1 is 0.405 bits per heavy atom. The molecule has 32 nitrogen and oxygen atoms in total. The number of carbonyl (C=O) groups excluding carboxylic acids is 4. The SMILES string of the molecule is [2H]C([2H])([2H])c1noc(NS(=O)(=O)c2ccsc2C(=O)C([2H])([2H])c2cc3c(cc2C)OCO3)c1Cl.[2H]c1c(CC(=O)c2sccc2S(=O)(=O)Nc2onc(C([2H])([2H])[2H])c2Cl)c(C([2H])([2H])[2H])c([2H])c2c1OC([2H])([2H])O2.[2H]c1c(CC(=O)c2sccc2S(=O)(=O)Nc2onc(C([2H])([2H])[2H])c2Cl)c(C([2H])([2H])[2H])c([2H])c2c1OC([2H])O2.[2H]c1c(CC(=O)c2sccc2S(=O)(=O)Nc2onc(C([2H])([2H])[2H])c2Cl)c(C([2H])([2H])[2H])c([2H])c2c1OCO2. The topological polar surface area (TPSA) is 431 Å². The highest BCUT2D eigenvalue weighted by atomic mass is 35.5. The van der Waals surface area contributed by atoms with Crippen molar-refractivity contribution < 1.29 is 153 Å². The van der Waals surface area contributed by atoms with E-state index in [4.69, 9.17) is 146 Å². The van der Waals surface area contributed by atoms with Gasteiger partial charge in [0, 0.05) is 57.2 Å². The van der Waals surface area contributed by atoms with Crippen LogP contribution < -0.4 is 56.8 Å². The van der Waals surface area contributed by atoms with Crippen LogP contribution in [0.3, 0.4) is 0 Å². The Morgan fingerprint density at radius 2 is 0.698 bits per heavy atom. The van der Waals surface area contributed by atoms with Crippen LogP contribution in [0.2, 0.25) is 20.1 Å². The standard InChI is InChI=1S/4C18H15ClN2O6S2/c4*1-9-5-13-14(26-8-25-13)7-11(9)6-12(22)17-15(3-4-28-17)29(23,24)21-18-16(19)10(2)20-27-18/h4*3-5,7,21H,6,8H2,1-2H3/i1D3,2D3,5D,7D,8D2;1D3,2D3,5D,7D,8D;1D3,2D3,5D,7D;2D3,6D2. The number of aromatic nitrogens is 4. The molecule has 4 aliphatic rings. The number of ketones is 4. The van der Waals surface area contributed by atoms with E-state index in [1.165, 1.54) is 33.7 Å². The van der Waals surface area contributed by atoms with E-state index < -0.39 is 323 Å². The first-order chi connectivity index (χ1) is 67.9. The molecule has 0 bridgehead atoms. The molecule has 0 saturated heterocycles. The second kappa shape index (κ2) is 34.1. The third-order valence-electron chi connectivity index (χ3n) is 15.1. The maximum Gasteiger partial charge on any atom is 0.265 e. The number of fused-ring (bicyclic) bond motifs is 4. The van der Waals surface area contributed by atoms with Crippen molar-refractivity contribution in [1.82, 2.24) is 20.6 Å². The molecule has 608 valence electrons. The summed E-state index contributed by atoms with van der Waals surface area (Å²) in [6.45, 7) is -23.2. The Hall–Kier alpha value is -10.2. The van der Waals surface area contributed by atoms with Gasteiger partial charge in [0.25, 0.3) is 63.6 Å². The van der Waals surface area contributed by atoms with Crippen LogP contribution in [0.4, 0.5) is 23.5 Å². The molecule has 12 aromatic rings. The number of ether oxygens (including phenoxy) is 8. The minimum atomic E-state index is -4.63. The van der Waals surface area contributed by atoms with Crippen molar-refractivity contribution in [3.63, 3.8) is 0 Å². The minimum absolute atomic E-state index is 0.00736. The third-order valence-corrected chi connectivity index (χ3v) is 26.3. The summed E-state index contributed by atoms with van der Waals surface area (Å²) in [5.74, 6) is -8.29. The molecule has 0 spiro atoms. The smallest absolute Gasteiger partial charge is 0.265 e. The highest BCUT2D eigenvalue weighted by Gasteiger charge is 2.34. The Morgan fingerprint density at radius 3 is 1.03 bits per heavy atom. The van der Waals surface area contributed by atoms with Gasteiger partial charge < -0.3 is 56.0 Å². The summed E-state index contributed by atoms with van der Waals surface area (Å²) >= 11 is 26.4. The van der Waals surface area contributed by atoms with E-state index in [1.54, 1.807) is 6.92 Å². The van der Waals surface area contributed by atoms with E-state index in [-0.39, 0.29) is 62.3 Å². The van der Waals surface area contributed by atoms with Gasteiger partial charge in [0.1, 0.15) is 66.6 Å². The van der Waals surface area contributed by atoms with Gasteiger partial charge >= 0.3 is 0 Å². The maximum atomic E-state index is 13.3. The number of carbonyl (C=O) groups is 4. The number of hydrogen-bond donors (Lipinski definition) is 4. The molecule has 44 heteroatoms. The second-order valence-corrected chi connectivity index (χ2v) is 34.4. The highest BCUT2D eigenvalue weighted by Crippen LogP contribution is 2.42. The normalized spacial score (nSPS) is 18.9. The molecule has 12 heterocycles. The van der Waals surface area contributed by atoms with Gasteiger partial charge in [-0.25, -0.2) is 52.6 Å². The number of rotatable bonds is 24. The first-order valence-electron chi connectivity index (χ1n) is 47.0. The van der Waals surface area contributed by atoms with Crippen molar-refractivity contribution in [2.24, 2.45) is 0 Å². The van der Waals surface area contributed by atoms with Crippen molar-refractivity contribution >= 4 is 179 Å². The van der Waals surface area contributed by atoms with Gasteiger partial charge in [-0.1, -0.05) is 67.0 Å². The molecule has 1 unspecified atom stereocenters. The van der Waals surface area contributed by atoms with Gasteiger partial charge in [-0.05, 0) is 194 Å². The fraction of sp³-hybridized carbons (Fsp3) is 0.222. The number of nitrogens with one attached hydrogen (secondary N) is 4. The lowest BCUT2D eigenvalue weighted by molar-refractivity contribution is 0.0985. The summed E-state index contributed by atoms with van der Waals surface area (Å²) in [5, 5.41) is 15.8. The fourth-order valence-corrected chi connectivity index (χ4v) is 19.9. The molecular formula is C72H60Cl4N8O24S8. The number of sulfonamides is 4.